The summed E-state index contributed by atoms with van der Waals surface area (Å²) in [6, 6.07) is 5.79. The van der Waals surface area contributed by atoms with Crippen LogP contribution in [0.2, 0.25) is 0 Å². The average Bonchev–Trinajstić information content (AvgIpc) is 2.67. The Kier molecular flexibility index (Phi) is 6.71. The van der Waals surface area contributed by atoms with Gasteiger partial charge in [-0.05, 0) is 19.1 Å². The number of rotatable bonds is 7. The van der Waals surface area contributed by atoms with Crippen molar-refractivity contribution in [1.82, 2.24) is 9.88 Å². The van der Waals surface area contributed by atoms with Gasteiger partial charge in [-0.2, -0.15) is 13.2 Å². The van der Waals surface area contributed by atoms with Gasteiger partial charge in [0.15, 0.2) is 0 Å². The van der Waals surface area contributed by atoms with Crippen molar-refractivity contribution in [2.75, 3.05) is 27.9 Å². The van der Waals surface area contributed by atoms with E-state index in [4.69, 9.17) is 14.2 Å². The third-order valence-corrected chi connectivity index (χ3v) is 3.98. The monoisotopic (exact) mass is 398 g/mol. The summed E-state index contributed by atoms with van der Waals surface area (Å²) < 4.78 is 55.9. The van der Waals surface area contributed by atoms with Crippen molar-refractivity contribution in [3.63, 3.8) is 0 Å². The molecule has 0 radical (unpaired) electrons. The zero-order valence-electron chi connectivity index (χ0n) is 16.0. The van der Waals surface area contributed by atoms with Gasteiger partial charge < -0.3 is 19.1 Å². The lowest BCUT2D eigenvalue weighted by molar-refractivity contribution is -0.138. The van der Waals surface area contributed by atoms with E-state index < -0.39 is 23.2 Å². The number of halogens is 3. The number of methoxy groups -OCH3 is 2. The Hall–Kier alpha value is -2.97. The van der Waals surface area contributed by atoms with Crippen molar-refractivity contribution in [2.24, 2.45) is 0 Å². The van der Waals surface area contributed by atoms with Gasteiger partial charge in [-0.3, -0.25) is 4.79 Å². The zero-order valence-corrected chi connectivity index (χ0v) is 16.0. The number of hydrogen-bond acceptors (Lipinski definition) is 5. The van der Waals surface area contributed by atoms with Crippen LogP contribution in [0.3, 0.4) is 0 Å². The van der Waals surface area contributed by atoms with Gasteiger partial charge in [-0.1, -0.05) is 6.07 Å². The Balaban J connectivity index is 2.39. The van der Waals surface area contributed by atoms with Crippen LogP contribution < -0.4 is 14.2 Å². The smallest absolute Gasteiger partial charge is 0.417 e. The molecule has 1 aromatic carbocycles. The molecule has 0 aliphatic heterocycles. The first kappa shape index (κ1) is 21.3. The van der Waals surface area contributed by atoms with E-state index in [0.717, 1.165) is 17.2 Å². The molecule has 1 heterocycles. The summed E-state index contributed by atoms with van der Waals surface area (Å²) in [5.74, 6) is -0.115. The number of aromatic nitrogens is 1. The summed E-state index contributed by atoms with van der Waals surface area (Å²) in [5, 5.41) is 0. The van der Waals surface area contributed by atoms with Crippen molar-refractivity contribution in [3.8, 4) is 17.4 Å². The molecule has 2 rings (SSSR count). The molecule has 0 N–H and O–H groups in total. The predicted molar refractivity (Wildman–Crippen MR) is 95.8 cm³/mol. The molecule has 9 heteroatoms. The van der Waals surface area contributed by atoms with Crippen molar-refractivity contribution in [1.29, 1.82) is 0 Å². The highest BCUT2D eigenvalue weighted by molar-refractivity contribution is 5.95. The van der Waals surface area contributed by atoms with Gasteiger partial charge in [0, 0.05) is 19.3 Å². The van der Waals surface area contributed by atoms with Crippen LogP contribution >= 0.6 is 0 Å². The van der Waals surface area contributed by atoms with Crippen LogP contribution in [0.15, 0.2) is 30.5 Å². The average molecular weight is 398 g/mol. The molecule has 28 heavy (non-hydrogen) atoms. The maximum Gasteiger partial charge on any atom is 0.417 e. The molecule has 0 aliphatic rings. The van der Waals surface area contributed by atoms with Crippen LogP contribution in [0, 0.1) is 0 Å². The van der Waals surface area contributed by atoms with Crippen LogP contribution in [-0.4, -0.2) is 43.7 Å². The SMILES string of the molecule is CCOc1cc(C(F)(F)F)c(C(=O)N(C)Cc2c(OC)cccc2OC)cn1. The standard InChI is InChI=1S/C19H21F3N2O4/c1-5-28-17-9-14(19(20,21)22)12(10-23-17)18(25)24(2)11-13-15(26-3)7-6-8-16(13)27-4/h6-10H,5,11H2,1-4H3. The number of pyridine rings is 1. The number of carbonyl (C=O) groups excluding carboxylic acids is 1. The zero-order chi connectivity index (χ0) is 20.9. The number of nitrogens with zero attached hydrogens (tertiary/aromatic N) is 2. The lowest BCUT2D eigenvalue weighted by Crippen LogP contribution is -2.29. The summed E-state index contributed by atoms with van der Waals surface area (Å²) in [4.78, 5) is 17.7. The topological polar surface area (TPSA) is 60.9 Å². The molecule has 0 unspecified atom stereocenters. The fourth-order valence-electron chi connectivity index (χ4n) is 2.67. The van der Waals surface area contributed by atoms with Crippen LogP contribution in [-0.2, 0) is 12.7 Å². The van der Waals surface area contributed by atoms with Gasteiger partial charge in [0.2, 0.25) is 5.88 Å². The summed E-state index contributed by atoms with van der Waals surface area (Å²) in [6.45, 7) is 1.77. The fraction of sp³-hybridized carbons (Fsp3) is 0.368. The summed E-state index contributed by atoms with van der Waals surface area (Å²) >= 11 is 0. The Bertz CT molecular complexity index is 818. The van der Waals surface area contributed by atoms with Crippen LogP contribution in [0.25, 0.3) is 0 Å². The molecule has 1 amide bonds. The molecular weight excluding hydrogens is 377 g/mol. The number of benzene rings is 1. The van der Waals surface area contributed by atoms with Crippen molar-refractivity contribution in [2.45, 2.75) is 19.6 Å². The first-order valence-corrected chi connectivity index (χ1v) is 8.38. The molecule has 0 atom stereocenters. The molecule has 2 aromatic rings. The molecule has 6 nitrogen and oxygen atoms in total. The number of amides is 1. The van der Waals surface area contributed by atoms with Crippen molar-refractivity contribution >= 4 is 5.91 Å². The van der Waals surface area contributed by atoms with Gasteiger partial charge >= 0.3 is 6.18 Å². The molecule has 1 aromatic heterocycles. The van der Waals surface area contributed by atoms with Gasteiger partial charge in [0.25, 0.3) is 5.91 Å². The highest BCUT2D eigenvalue weighted by Gasteiger charge is 2.37. The predicted octanol–water partition coefficient (Wildman–Crippen LogP) is 3.79. The van der Waals surface area contributed by atoms with E-state index in [0.29, 0.717) is 17.1 Å². The summed E-state index contributed by atoms with van der Waals surface area (Å²) in [7, 11) is 4.31. The van der Waals surface area contributed by atoms with E-state index in [9.17, 15) is 18.0 Å². The molecule has 152 valence electrons. The van der Waals surface area contributed by atoms with Gasteiger partial charge in [0.1, 0.15) is 11.5 Å². The second-order valence-electron chi connectivity index (χ2n) is 5.80. The van der Waals surface area contributed by atoms with Crippen LogP contribution in [0.4, 0.5) is 13.2 Å². The number of carbonyl (C=O) groups is 1. The molecule has 0 fully saturated rings. The van der Waals surface area contributed by atoms with E-state index in [2.05, 4.69) is 4.98 Å². The van der Waals surface area contributed by atoms with Gasteiger partial charge in [-0.25, -0.2) is 4.98 Å². The van der Waals surface area contributed by atoms with Gasteiger partial charge in [0.05, 0.1) is 44.1 Å². The Morgan fingerprint density at radius 3 is 2.29 bits per heavy atom. The van der Waals surface area contributed by atoms with E-state index in [1.165, 1.54) is 21.3 Å². The van der Waals surface area contributed by atoms with Crippen LogP contribution in [0.1, 0.15) is 28.4 Å². The van der Waals surface area contributed by atoms with E-state index in [1.54, 1.807) is 25.1 Å². The molecular formula is C19H21F3N2O4. The highest BCUT2D eigenvalue weighted by atomic mass is 19.4. The first-order valence-electron chi connectivity index (χ1n) is 8.38. The number of hydrogen-bond donors (Lipinski definition) is 0. The Morgan fingerprint density at radius 2 is 1.79 bits per heavy atom. The van der Waals surface area contributed by atoms with Gasteiger partial charge in [-0.15, -0.1) is 0 Å². The normalized spacial score (nSPS) is 11.1. The molecule has 0 saturated heterocycles. The Morgan fingerprint density at radius 1 is 1.18 bits per heavy atom. The van der Waals surface area contributed by atoms with E-state index >= 15 is 0 Å². The van der Waals surface area contributed by atoms with E-state index in [-0.39, 0.29) is 19.0 Å². The van der Waals surface area contributed by atoms with Crippen molar-refractivity contribution < 1.29 is 32.2 Å². The van der Waals surface area contributed by atoms with Crippen molar-refractivity contribution in [3.05, 3.63) is 47.2 Å². The quantitative estimate of drug-likeness (QED) is 0.710. The molecule has 0 saturated carbocycles. The third kappa shape index (κ3) is 4.65. The Labute approximate surface area is 160 Å². The fourth-order valence-corrected chi connectivity index (χ4v) is 2.67. The second-order valence-corrected chi connectivity index (χ2v) is 5.80. The molecule has 0 bridgehead atoms. The minimum absolute atomic E-state index is 0.0173. The lowest BCUT2D eigenvalue weighted by atomic mass is 10.1. The van der Waals surface area contributed by atoms with Crippen LogP contribution in [0.5, 0.6) is 17.4 Å². The first-order chi connectivity index (χ1) is 13.2. The van der Waals surface area contributed by atoms with E-state index in [1.807, 2.05) is 0 Å². The number of ether oxygens (including phenoxy) is 3. The molecule has 0 spiro atoms. The highest BCUT2D eigenvalue weighted by Crippen LogP contribution is 2.35. The largest absolute Gasteiger partial charge is 0.496 e. The minimum Gasteiger partial charge on any atom is -0.496 e. The maximum atomic E-state index is 13.5. The minimum atomic E-state index is -4.73. The third-order valence-electron chi connectivity index (χ3n) is 3.98. The second kappa shape index (κ2) is 8.81. The summed E-state index contributed by atoms with van der Waals surface area (Å²) in [5.41, 5.74) is -1.13. The lowest BCUT2D eigenvalue weighted by Gasteiger charge is -2.22. The molecule has 0 aliphatic carbocycles. The summed E-state index contributed by atoms with van der Waals surface area (Å²) in [6.07, 6.45) is -3.85. The maximum absolute atomic E-state index is 13.5. The number of alkyl halides is 3.